The van der Waals surface area contributed by atoms with Crippen molar-refractivity contribution < 1.29 is 15.0 Å². The molecule has 0 radical (unpaired) electrons. The van der Waals surface area contributed by atoms with Crippen LogP contribution in [-0.2, 0) is 4.79 Å². The third-order valence-corrected chi connectivity index (χ3v) is 1.56. The minimum atomic E-state index is -1.06. The van der Waals surface area contributed by atoms with Gasteiger partial charge in [0.15, 0.2) is 0 Å². The molecule has 0 aliphatic rings. The van der Waals surface area contributed by atoms with Gasteiger partial charge in [-0.1, -0.05) is 0 Å². The fourth-order valence-electron chi connectivity index (χ4n) is 0.572. The van der Waals surface area contributed by atoms with Gasteiger partial charge in [-0.3, -0.25) is 4.79 Å². The van der Waals surface area contributed by atoms with Gasteiger partial charge in [-0.05, 0) is 19.9 Å². The number of carbonyl (C=O) groups is 1. The number of rotatable bonds is 4. The third kappa shape index (κ3) is 1.97. The lowest BCUT2D eigenvalue weighted by Crippen LogP contribution is -2.33. The molecule has 0 aliphatic heterocycles. The molecule has 0 saturated heterocycles. The molecule has 0 aliphatic carbocycles. The summed E-state index contributed by atoms with van der Waals surface area (Å²) < 4.78 is 0. The van der Waals surface area contributed by atoms with Crippen LogP contribution >= 0.6 is 0 Å². The zero-order valence-corrected chi connectivity index (χ0v) is 6.00. The normalized spacial score (nSPS) is 16.3. The van der Waals surface area contributed by atoms with E-state index < -0.39 is 11.4 Å². The van der Waals surface area contributed by atoms with E-state index in [1.807, 2.05) is 0 Å². The highest BCUT2D eigenvalue weighted by Crippen LogP contribution is 2.19. The van der Waals surface area contributed by atoms with Crippen LogP contribution in [0.15, 0.2) is 0 Å². The number of hydrogen-bond donors (Lipinski definition) is 3. The van der Waals surface area contributed by atoms with E-state index in [1.54, 1.807) is 0 Å². The van der Waals surface area contributed by atoms with Crippen LogP contribution in [0.1, 0.15) is 13.3 Å². The van der Waals surface area contributed by atoms with E-state index in [0.717, 1.165) is 0 Å². The van der Waals surface area contributed by atoms with Crippen LogP contribution in [0.3, 0.4) is 0 Å². The Morgan fingerprint density at radius 2 is 2.20 bits per heavy atom. The Labute approximate surface area is 59.7 Å². The van der Waals surface area contributed by atoms with Crippen molar-refractivity contribution in [2.24, 2.45) is 11.1 Å². The van der Waals surface area contributed by atoms with Crippen molar-refractivity contribution >= 4 is 5.97 Å². The maximum absolute atomic E-state index is 10.4. The molecule has 4 N–H and O–H groups in total. The second kappa shape index (κ2) is 3.53. The smallest absolute Gasteiger partial charge is 0.311 e. The highest BCUT2D eigenvalue weighted by atomic mass is 16.4. The van der Waals surface area contributed by atoms with Gasteiger partial charge in [0.25, 0.3) is 0 Å². The second-order valence-electron chi connectivity index (χ2n) is 2.56. The summed E-state index contributed by atoms with van der Waals surface area (Å²) >= 11 is 0. The van der Waals surface area contributed by atoms with E-state index >= 15 is 0 Å². The molecule has 0 bridgehead atoms. The minimum absolute atomic E-state index is 0.281. The number of nitrogens with two attached hydrogens (primary N) is 1. The topological polar surface area (TPSA) is 83.5 Å². The lowest BCUT2D eigenvalue weighted by molar-refractivity contribution is -0.150. The van der Waals surface area contributed by atoms with Gasteiger partial charge in [-0.25, -0.2) is 0 Å². The maximum Gasteiger partial charge on any atom is 0.311 e. The van der Waals surface area contributed by atoms with Crippen molar-refractivity contribution in [1.82, 2.24) is 0 Å². The summed E-state index contributed by atoms with van der Waals surface area (Å²) in [4.78, 5) is 10.4. The van der Waals surface area contributed by atoms with Gasteiger partial charge in [0, 0.05) is 0 Å². The molecule has 4 nitrogen and oxygen atoms in total. The lowest BCUT2D eigenvalue weighted by atomic mass is 9.88. The van der Waals surface area contributed by atoms with Gasteiger partial charge in [0.1, 0.15) is 0 Å². The molecule has 0 aromatic carbocycles. The van der Waals surface area contributed by atoms with Gasteiger partial charge in [-0.15, -0.1) is 0 Å². The van der Waals surface area contributed by atoms with Crippen LogP contribution in [0.25, 0.3) is 0 Å². The molecule has 60 valence electrons. The zero-order valence-electron chi connectivity index (χ0n) is 6.00. The van der Waals surface area contributed by atoms with E-state index in [1.165, 1.54) is 6.92 Å². The molecular weight excluding hydrogens is 134 g/mol. The van der Waals surface area contributed by atoms with Crippen molar-refractivity contribution in [3.05, 3.63) is 0 Å². The van der Waals surface area contributed by atoms with Crippen LogP contribution in [0.5, 0.6) is 0 Å². The van der Waals surface area contributed by atoms with Gasteiger partial charge < -0.3 is 15.9 Å². The molecule has 1 unspecified atom stereocenters. The fourth-order valence-corrected chi connectivity index (χ4v) is 0.572. The first-order valence-corrected chi connectivity index (χ1v) is 3.11. The van der Waals surface area contributed by atoms with Gasteiger partial charge in [-0.2, -0.15) is 0 Å². The van der Waals surface area contributed by atoms with Crippen molar-refractivity contribution in [3.63, 3.8) is 0 Å². The zero-order chi connectivity index (χ0) is 8.20. The highest BCUT2D eigenvalue weighted by molar-refractivity contribution is 5.74. The molecule has 4 heteroatoms. The number of hydrogen-bond acceptors (Lipinski definition) is 3. The average molecular weight is 147 g/mol. The van der Waals surface area contributed by atoms with E-state index in [9.17, 15) is 4.79 Å². The van der Waals surface area contributed by atoms with Crippen LogP contribution in [0.4, 0.5) is 0 Å². The van der Waals surface area contributed by atoms with Crippen LogP contribution in [-0.4, -0.2) is 29.3 Å². The predicted molar refractivity (Wildman–Crippen MR) is 36.5 cm³/mol. The standard InChI is InChI=1S/C6H13NO3/c1-6(4-8,2-3-7)5(9)10/h8H,2-4,7H2,1H3,(H,9,10). The Morgan fingerprint density at radius 1 is 1.70 bits per heavy atom. The van der Waals surface area contributed by atoms with Gasteiger partial charge in [0.2, 0.25) is 0 Å². The summed E-state index contributed by atoms with van der Waals surface area (Å²) in [7, 11) is 0. The average Bonchev–Trinajstić information content (AvgIpc) is 1.88. The minimum Gasteiger partial charge on any atom is -0.481 e. The molecule has 0 saturated carbocycles. The number of aliphatic carboxylic acids is 1. The first-order valence-electron chi connectivity index (χ1n) is 3.11. The molecule has 10 heavy (non-hydrogen) atoms. The van der Waals surface area contributed by atoms with Gasteiger partial charge in [0.05, 0.1) is 12.0 Å². The monoisotopic (exact) mass is 147 g/mol. The van der Waals surface area contributed by atoms with E-state index in [2.05, 4.69) is 0 Å². The first kappa shape index (κ1) is 9.39. The second-order valence-corrected chi connectivity index (χ2v) is 2.56. The van der Waals surface area contributed by atoms with E-state index in [4.69, 9.17) is 15.9 Å². The van der Waals surface area contributed by atoms with Crippen LogP contribution in [0.2, 0.25) is 0 Å². The predicted octanol–water partition coefficient (Wildman–Crippen LogP) is -0.582. The molecule has 1 atom stereocenters. The van der Waals surface area contributed by atoms with Crippen molar-refractivity contribution in [1.29, 1.82) is 0 Å². The Hall–Kier alpha value is -0.610. The molecule has 0 spiro atoms. The maximum atomic E-state index is 10.4. The number of aliphatic hydroxyl groups is 1. The van der Waals surface area contributed by atoms with Crippen LogP contribution < -0.4 is 5.73 Å². The molecule has 0 fully saturated rings. The third-order valence-electron chi connectivity index (χ3n) is 1.56. The molecule has 0 aromatic rings. The largest absolute Gasteiger partial charge is 0.481 e. The Balaban J connectivity index is 4.08. The van der Waals surface area contributed by atoms with Crippen molar-refractivity contribution in [2.45, 2.75) is 13.3 Å². The lowest BCUT2D eigenvalue weighted by Gasteiger charge is -2.20. The van der Waals surface area contributed by atoms with E-state index in [0.29, 0.717) is 6.42 Å². The van der Waals surface area contributed by atoms with Crippen molar-refractivity contribution in [3.8, 4) is 0 Å². The number of carboxylic acids is 1. The first-order chi connectivity index (χ1) is 4.56. The molecule has 0 rings (SSSR count). The number of aliphatic hydroxyl groups excluding tert-OH is 1. The summed E-state index contributed by atoms with van der Waals surface area (Å²) in [6, 6.07) is 0. The highest BCUT2D eigenvalue weighted by Gasteiger charge is 2.30. The van der Waals surface area contributed by atoms with E-state index in [-0.39, 0.29) is 13.2 Å². The molecular formula is C6H13NO3. The fraction of sp³-hybridized carbons (Fsp3) is 0.833. The quantitative estimate of drug-likeness (QED) is 0.496. The van der Waals surface area contributed by atoms with Crippen molar-refractivity contribution in [2.75, 3.05) is 13.2 Å². The summed E-state index contributed by atoms with van der Waals surface area (Å²) in [5, 5.41) is 17.2. The van der Waals surface area contributed by atoms with Gasteiger partial charge >= 0.3 is 5.97 Å². The SMILES string of the molecule is CC(CO)(CCN)C(=O)O. The molecule has 0 heterocycles. The summed E-state index contributed by atoms with van der Waals surface area (Å²) in [5.74, 6) is -1.000. The Morgan fingerprint density at radius 3 is 2.30 bits per heavy atom. The van der Waals surface area contributed by atoms with Crippen LogP contribution in [0, 0.1) is 5.41 Å². The Kier molecular flexibility index (Phi) is 3.32. The summed E-state index contributed by atoms with van der Waals surface area (Å²) in [6.07, 6.45) is 0.304. The molecule has 0 amide bonds. The summed E-state index contributed by atoms with van der Waals surface area (Å²) in [6.45, 7) is 1.39. The molecule has 0 aromatic heterocycles. The Bertz CT molecular complexity index is 126. The number of carboxylic acid groups (broad SMARTS) is 1. The summed E-state index contributed by atoms with van der Waals surface area (Å²) in [5.41, 5.74) is 4.09.